The lowest BCUT2D eigenvalue weighted by Gasteiger charge is -2.21. The van der Waals surface area contributed by atoms with Gasteiger partial charge in [0.15, 0.2) is 5.43 Å². The summed E-state index contributed by atoms with van der Waals surface area (Å²) in [7, 11) is 7.63. The fourth-order valence-electron chi connectivity index (χ4n) is 7.17. The van der Waals surface area contributed by atoms with Crippen LogP contribution in [0.5, 0.6) is 5.75 Å². The van der Waals surface area contributed by atoms with Crippen molar-refractivity contribution >= 4 is 62.7 Å². The molecule has 284 valence electrons. The Bertz CT molecular complexity index is 3020. The van der Waals surface area contributed by atoms with Gasteiger partial charge in [-0.1, -0.05) is 47.5 Å². The minimum Gasteiger partial charge on any atom is -0.508 e. The maximum atomic E-state index is 14.0. The summed E-state index contributed by atoms with van der Waals surface area (Å²) in [5.74, 6) is -0.957. The van der Waals surface area contributed by atoms with E-state index in [4.69, 9.17) is 32.0 Å². The third-order valence-corrected chi connectivity index (χ3v) is 10.7. The molecule has 0 atom stereocenters. The van der Waals surface area contributed by atoms with E-state index in [-0.39, 0.29) is 44.5 Å². The lowest BCUT2D eigenvalue weighted by atomic mass is 9.89. The summed E-state index contributed by atoms with van der Waals surface area (Å²) < 4.78 is 14.3. The van der Waals surface area contributed by atoms with Crippen LogP contribution in [0, 0.1) is 0 Å². The first-order chi connectivity index (χ1) is 27.3. The molecule has 3 N–H and O–H groups in total. The number of rotatable bonds is 7. The van der Waals surface area contributed by atoms with Crippen molar-refractivity contribution in [3.05, 3.63) is 145 Å². The van der Waals surface area contributed by atoms with E-state index in [0.717, 1.165) is 38.7 Å². The van der Waals surface area contributed by atoms with E-state index < -0.39 is 11.9 Å². The molecule has 4 aromatic rings. The normalized spacial score (nSPS) is 11.4. The number of hydrogen-bond donors (Lipinski definition) is 3. The van der Waals surface area contributed by atoms with Crippen LogP contribution < -0.4 is 25.6 Å². The van der Waals surface area contributed by atoms with Crippen LogP contribution in [0.1, 0.15) is 26.3 Å². The minimum atomic E-state index is -1.31. The van der Waals surface area contributed by atoms with E-state index >= 15 is 0 Å². The third kappa shape index (κ3) is 6.73. The molecule has 10 nitrogen and oxygen atoms in total. The lowest BCUT2D eigenvalue weighted by Crippen LogP contribution is -2.24. The Morgan fingerprint density at radius 2 is 1.40 bits per heavy atom. The number of anilines is 1. The lowest BCUT2D eigenvalue weighted by molar-refractivity contribution is 0.0697. The largest absolute Gasteiger partial charge is 0.508 e. The smallest absolute Gasteiger partial charge is 0.337 e. The first-order valence-corrected chi connectivity index (χ1v) is 18.6. The number of carbonyl (C=O) groups excluding carboxylic acids is 1. The Kier molecular flexibility index (Phi) is 9.47. The highest BCUT2D eigenvalue weighted by Gasteiger charge is 2.30. The summed E-state index contributed by atoms with van der Waals surface area (Å²) in [6, 6.07) is 29.5. The number of aromatic hydroxyl groups is 1. The molecular weight excluding hydrogens is 765 g/mol. The van der Waals surface area contributed by atoms with Gasteiger partial charge < -0.3 is 29.3 Å². The number of carbonyl (C=O) groups is 2. The Morgan fingerprint density at radius 1 is 0.754 bits per heavy atom. The molecule has 4 aliphatic rings. The number of nitrogens with one attached hydrogen (secondary N) is 1. The molecule has 2 aliphatic heterocycles. The molecule has 0 saturated heterocycles. The Labute approximate surface area is 335 Å². The summed E-state index contributed by atoms with van der Waals surface area (Å²) >= 11 is 13.9. The van der Waals surface area contributed by atoms with Crippen molar-refractivity contribution in [2.75, 3.05) is 33.1 Å². The molecule has 0 spiro atoms. The van der Waals surface area contributed by atoms with Crippen LogP contribution in [0.4, 0.5) is 5.69 Å². The van der Waals surface area contributed by atoms with Crippen LogP contribution in [0.15, 0.2) is 117 Å². The highest BCUT2D eigenvalue weighted by molar-refractivity contribution is 6.41. The van der Waals surface area contributed by atoms with Gasteiger partial charge in [-0.2, -0.15) is 0 Å². The van der Waals surface area contributed by atoms with E-state index in [9.17, 15) is 24.6 Å². The number of hydrogen-bond acceptors (Lipinski definition) is 7. The molecule has 12 heteroatoms. The molecule has 2 aliphatic carbocycles. The molecule has 1 amide bonds. The van der Waals surface area contributed by atoms with Gasteiger partial charge in [-0.15, -0.1) is 0 Å². The Balaban J connectivity index is 1.19. The predicted molar refractivity (Wildman–Crippen MR) is 224 cm³/mol. The topological polar surface area (TPSA) is 136 Å². The van der Waals surface area contributed by atoms with Gasteiger partial charge in [0.25, 0.3) is 5.91 Å². The Morgan fingerprint density at radius 3 is 2.11 bits per heavy atom. The molecular formula is C45H34Cl2N3O7+. The van der Waals surface area contributed by atoms with Crippen molar-refractivity contribution in [3.8, 4) is 50.7 Å². The quantitative estimate of drug-likeness (QED) is 0.108. The van der Waals surface area contributed by atoms with Gasteiger partial charge in [-0.05, 0) is 59.7 Å². The van der Waals surface area contributed by atoms with Crippen molar-refractivity contribution in [3.63, 3.8) is 0 Å². The van der Waals surface area contributed by atoms with E-state index in [1.54, 1.807) is 18.2 Å². The van der Waals surface area contributed by atoms with Crippen molar-refractivity contribution < 1.29 is 28.6 Å². The van der Waals surface area contributed by atoms with Gasteiger partial charge in [0.05, 0.1) is 27.2 Å². The first kappa shape index (κ1) is 37.3. The summed E-state index contributed by atoms with van der Waals surface area (Å²) in [4.78, 5) is 41.0. The second-order valence-electron chi connectivity index (χ2n) is 14.1. The minimum absolute atomic E-state index is 0.00201. The summed E-state index contributed by atoms with van der Waals surface area (Å²) in [6.07, 6.45) is 0. The SMILES string of the molecule is CN(C)c1ccc2c(-c3c(Cl)c(C(=O)NCc4ccc(-c5c6ccc(=O)cc-6oc6cc(O)ccc56)cc4)cc(Cl)c3C(=O)O)c3ccc(=[N+](C)C)cc-3oc2c1. The van der Waals surface area contributed by atoms with Crippen LogP contribution >= 0.6 is 23.2 Å². The van der Waals surface area contributed by atoms with Crippen molar-refractivity contribution in [1.29, 1.82) is 0 Å². The molecule has 0 radical (unpaired) electrons. The monoisotopic (exact) mass is 798 g/mol. The van der Waals surface area contributed by atoms with E-state index in [0.29, 0.717) is 39.2 Å². The van der Waals surface area contributed by atoms with Crippen molar-refractivity contribution in [1.82, 2.24) is 9.89 Å². The van der Waals surface area contributed by atoms with Crippen LogP contribution in [0.2, 0.25) is 10.0 Å². The standard InChI is InChI=1S/C45H33Cl2N3O7/c1-49(2)25-9-13-31-35(17-25)56-36-18-26(50(3)4)10-14-32(36)40(31)42-41(45(54)55)34(46)21-33(43(42)47)44(53)48-22-23-5-7-24(8-6-23)39-29-15-11-27(51)19-37(29)57-38-20-28(52)12-16-30(38)39/h5-21H,22H2,1-4H3,(H2-,48,51,52,53,54,55)/p+1. The predicted octanol–water partition coefficient (Wildman–Crippen LogP) is 8.82. The number of carboxylic acids is 1. The number of fused-ring (bicyclic) bond motifs is 4. The number of halogens is 2. The number of carboxylic acid groups (broad SMARTS) is 1. The third-order valence-electron chi connectivity index (χ3n) is 10.0. The molecule has 0 bridgehead atoms. The molecule has 0 fully saturated rings. The van der Waals surface area contributed by atoms with E-state index in [1.165, 1.54) is 24.3 Å². The number of phenolic OH excluding ortho intramolecular Hbond substituents is 1. The van der Waals surface area contributed by atoms with E-state index in [2.05, 4.69) is 5.32 Å². The number of aromatic carboxylic acids is 1. The maximum Gasteiger partial charge on any atom is 0.337 e. The van der Waals surface area contributed by atoms with Gasteiger partial charge in [0.1, 0.15) is 42.5 Å². The summed E-state index contributed by atoms with van der Waals surface area (Å²) in [6.45, 7) is 0.110. The zero-order chi connectivity index (χ0) is 40.3. The first-order valence-electron chi connectivity index (χ1n) is 17.8. The van der Waals surface area contributed by atoms with E-state index in [1.807, 2.05) is 98.3 Å². The second-order valence-corrected chi connectivity index (χ2v) is 14.9. The second kappa shape index (κ2) is 14.5. The number of phenols is 1. The summed E-state index contributed by atoms with van der Waals surface area (Å²) in [5.41, 5.74) is 5.61. The molecule has 0 unspecified atom stereocenters. The van der Waals surface area contributed by atoms with Crippen LogP contribution in [-0.2, 0) is 6.54 Å². The van der Waals surface area contributed by atoms with Crippen LogP contribution in [-0.4, -0.2) is 50.3 Å². The van der Waals surface area contributed by atoms with Gasteiger partial charge in [0, 0.05) is 89.2 Å². The molecule has 57 heavy (non-hydrogen) atoms. The molecule has 8 rings (SSSR count). The van der Waals surface area contributed by atoms with Gasteiger partial charge in [-0.25, -0.2) is 9.37 Å². The highest BCUT2D eigenvalue weighted by Crippen LogP contribution is 2.47. The van der Waals surface area contributed by atoms with Gasteiger partial charge in [0.2, 0.25) is 5.36 Å². The number of amides is 1. The van der Waals surface area contributed by atoms with Gasteiger partial charge >= 0.3 is 5.97 Å². The average molecular weight is 800 g/mol. The average Bonchev–Trinajstić information content (AvgIpc) is 3.18. The molecule has 0 aromatic heterocycles. The van der Waals surface area contributed by atoms with Crippen molar-refractivity contribution in [2.24, 2.45) is 0 Å². The number of benzene rings is 6. The van der Waals surface area contributed by atoms with Crippen LogP contribution in [0.3, 0.4) is 0 Å². The van der Waals surface area contributed by atoms with Gasteiger partial charge in [-0.3, -0.25) is 9.59 Å². The fraction of sp³-hybridized carbons (Fsp3) is 0.111. The zero-order valence-corrected chi connectivity index (χ0v) is 32.6. The van der Waals surface area contributed by atoms with Crippen LogP contribution in [0.25, 0.3) is 66.8 Å². The van der Waals surface area contributed by atoms with Crippen molar-refractivity contribution in [2.45, 2.75) is 6.54 Å². The molecule has 4 aromatic carbocycles. The highest BCUT2D eigenvalue weighted by atomic mass is 35.5. The zero-order valence-electron chi connectivity index (χ0n) is 31.1. The fourth-order valence-corrected chi connectivity index (χ4v) is 7.78. The molecule has 0 saturated carbocycles. The number of nitrogens with zero attached hydrogens (tertiary/aromatic N) is 2. The summed E-state index contributed by atoms with van der Waals surface area (Å²) in [5, 5.41) is 25.5. The Hall–Kier alpha value is -6.62. The molecule has 2 heterocycles. The maximum absolute atomic E-state index is 14.0.